The fourth-order valence-electron chi connectivity index (χ4n) is 1.86. The molecule has 0 spiro atoms. The summed E-state index contributed by atoms with van der Waals surface area (Å²) in [6.45, 7) is 1.27. The quantitative estimate of drug-likeness (QED) is 0.924. The van der Waals surface area contributed by atoms with E-state index in [2.05, 4.69) is 4.98 Å². The second-order valence-electron chi connectivity index (χ2n) is 4.08. The molecule has 0 amide bonds. The van der Waals surface area contributed by atoms with Crippen molar-refractivity contribution in [3.8, 4) is 0 Å². The Morgan fingerprint density at radius 2 is 2.11 bits per heavy atom. The number of imidazole rings is 1. The van der Waals surface area contributed by atoms with Crippen LogP contribution < -0.4 is 0 Å². The molecule has 0 aliphatic rings. The normalized spacial score (nSPS) is 12.8. The van der Waals surface area contributed by atoms with Crippen LogP contribution in [0.15, 0.2) is 12.1 Å². The van der Waals surface area contributed by atoms with Crippen molar-refractivity contribution in [3.05, 3.63) is 29.6 Å². The summed E-state index contributed by atoms with van der Waals surface area (Å²) in [6.07, 6.45) is -0.488. The number of rotatable bonds is 4. The van der Waals surface area contributed by atoms with Crippen molar-refractivity contribution >= 4 is 17.0 Å². The van der Waals surface area contributed by atoms with Crippen LogP contribution in [0, 0.1) is 11.6 Å². The van der Waals surface area contributed by atoms with E-state index in [1.165, 1.54) is 11.7 Å². The number of carbonyl (C=O) groups is 1. The summed E-state index contributed by atoms with van der Waals surface area (Å²) in [5.74, 6) is -2.86. The second-order valence-corrected chi connectivity index (χ2v) is 4.08. The predicted octanol–water partition coefficient (Wildman–Crippen LogP) is 2.11. The first kappa shape index (κ1) is 13.4. The highest BCUT2D eigenvalue weighted by Crippen LogP contribution is 2.24. The Morgan fingerprint density at radius 3 is 2.68 bits per heavy atom. The standard InChI is InChI=1S/C12H12F2N2O3/c1-6(19-2)12-15-9-3-7(13)8(14)4-10(9)16(12)5-11(17)18/h3-4,6H,5H2,1-2H3,(H,17,18). The molecule has 0 aliphatic carbocycles. The van der Waals surface area contributed by atoms with Crippen LogP contribution in [0.1, 0.15) is 18.9 Å². The average molecular weight is 270 g/mol. The zero-order chi connectivity index (χ0) is 14.2. The van der Waals surface area contributed by atoms with E-state index in [0.717, 1.165) is 12.1 Å². The number of halogens is 2. The first-order chi connectivity index (χ1) is 8.93. The minimum Gasteiger partial charge on any atom is -0.480 e. The third-order valence-electron chi connectivity index (χ3n) is 2.83. The summed E-state index contributed by atoms with van der Waals surface area (Å²) < 4.78 is 32.8. The van der Waals surface area contributed by atoms with E-state index in [-0.39, 0.29) is 11.0 Å². The third kappa shape index (κ3) is 2.41. The maximum absolute atomic E-state index is 13.3. The van der Waals surface area contributed by atoms with Crippen LogP contribution in [-0.4, -0.2) is 27.7 Å². The molecular weight excluding hydrogens is 258 g/mol. The Labute approximate surface area is 107 Å². The molecule has 1 aromatic carbocycles. The van der Waals surface area contributed by atoms with E-state index in [4.69, 9.17) is 9.84 Å². The maximum atomic E-state index is 13.3. The van der Waals surface area contributed by atoms with Crippen LogP contribution >= 0.6 is 0 Å². The molecule has 0 radical (unpaired) electrons. The van der Waals surface area contributed by atoms with Gasteiger partial charge in [-0.15, -0.1) is 0 Å². The molecule has 7 heteroatoms. The number of hydrogen-bond acceptors (Lipinski definition) is 3. The monoisotopic (exact) mass is 270 g/mol. The molecule has 1 N–H and O–H groups in total. The number of nitrogens with zero attached hydrogens (tertiary/aromatic N) is 2. The van der Waals surface area contributed by atoms with Crippen LogP contribution in [0.25, 0.3) is 11.0 Å². The highest BCUT2D eigenvalue weighted by atomic mass is 19.2. The van der Waals surface area contributed by atoms with Crippen LogP contribution in [0.2, 0.25) is 0 Å². The number of aromatic nitrogens is 2. The molecular formula is C12H12F2N2O3. The molecule has 5 nitrogen and oxygen atoms in total. The summed E-state index contributed by atoms with van der Waals surface area (Å²) in [4.78, 5) is 15.0. The number of carboxylic acids is 1. The van der Waals surface area contributed by atoms with E-state index >= 15 is 0 Å². The SMILES string of the molecule is COC(C)c1nc2cc(F)c(F)cc2n1CC(=O)O. The Hall–Kier alpha value is -2.02. The van der Waals surface area contributed by atoms with Gasteiger partial charge in [-0.05, 0) is 6.92 Å². The molecule has 0 bridgehead atoms. The van der Waals surface area contributed by atoms with Crippen molar-refractivity contribution in [2.24, 2.45) is 0 Å². The van der Waals surface area contributed by atoms with Gasteiger partial charge in [0.15, 0.2) is 11.6 Å². The molecule has 102 valence electrons. The lowest BCUT2D eigenvalue weighted by molar-refractivity contribution is -0.137. The fourth-order valence-corrected chi connectivity index (χ4v) is 1.86. The lowest BCUT2D eigenvalue weighted by Crippen LogP contribution is -2.14. The number of methoxy groups -OCH3 is 1. The van der Waals surface area contributed by atoms with Crippen molar-refractivity contribution in [3.63, 3.8) is 0 Å². The predicted molar refractivity (Wildman–Crippen MR) is 62.7 cm³/mol. The molecule has 1 aromatic heterocycles. The molecule has 1 atom stereocenters. The van der Waals surface area contributed by atoms with Crippen molar-refractivity contribution in [2.75, 3.05) is 7.11 Å². The number of benzene rings is 1. The molecule has 0 fully saturated rings. The van der Waals surface area contributed by atoms with Crippen molar-refractivity contribution in [1.29, 1.82) is 0 Å². The molecule has 0 saturated heterocycles. The maximum Gasteiger partial charge on any atom is 0.323 e. The summed E-state index contributed by atoms with van der Waals surface area (Å²) in [5.41, 5.74) is 0.416. The van der Waals surface area contributed by atoms with Gasteiger partial charge in [-0.2, -0.15) is 0 Å². The smallest absolute Gasteiger partial charge is 0.323 e. The topological polar surface area (TPSA) is 64.4 Å². The zero-order valence-electron chi connectivity index (χ0n) is 10.4. The van der Waals surface area contributed by atoms with Gasteiger partial charge in [0, 0.05) is 19.2 Å². The minimum atomic E-state index is -1.10. The van der Waals surface area contributed by atoms with Crippen LogP contribution in [0.3, 0.4) is 0 Å². The van der Waals surface area contributed by atoms with Crippen molar-refractivity contribution in [1.82, 2.24) is 9.55 Å². The average Bonchev–Trinajstić information content (AvgIpc) is 2.67. The van der Waals surface area contributed by atoms with E-state index in [1.54, 1.807) is 6.92 Å². The molecule has 2 aromatic rings. The summed E-state index contributed by atoms with van der Waals surface area (Å²) in [7, 11) is 1.44. The highest BCUT2D eigenvalue weighted by Gasteiger charge is 2.19. The number of ether oxygens (including phenoxy) is 1. The highest BCUT2D eigenvalue weighted by molar-refractivity contribution is 5.78. The number of fused-ring (bicyclic) bond motifs is 1. The lowest BCUT2D eigenvalue weighted by Gasteiger charge is -2.11. The Kier molecular flexibility index (Phi) is 3.48. The van der Waals surface area contributed by atoms with Gasteiger partial charge in [0.1, 0.15) is 18.5 Å². The Bertz CT molecular complexity index is 639. The summed E-state index contributed by atoms with van der Waals surface area (Å²) in [6, 6.07) is 1.88. The van der Waals surface area contributed by atoms with Crippen LogP contribution in [0.5, 0.6) is 0 Å². The third-order valence-corrected chi connectivity index (χ3v) is 2.83. The van der Waals surface area contributed by atoms with Gasteiger partial charge < -0.3 is 14.4 Å². The van der Waals surface area contributed by atoms with E-state index in [0.29, 0.717) is 5.82 Å². The fraction of sp³-hybridized carbons (Fsp3) is 0.333. The van der Waals surface area contributed by atoms with Gasteiger partial charge in [0.05, 0.1) is 11.0 Å². The van der Waals surface area contributed by atoms with E-state index < -0.39 is 30.3 Å². The van der Waals surface area contributed by atoms with Gasteiger partial charge in [0.2, 0.25) is 0 Å². The van der Waals surface area contributed by atoms with E-state index in [9.17, 15) is 13.6 Å². The summed E-state index contributed by atoms with van der Waals surface area (Å²) in [5, 5.41) is 8.89. The van der Waals surface area contributed by atoms with Gasteiger partial charge in [-0.3, -0.25) is 4.79 Å². The number of hydrogen-bond donors (Lipinski definition) is 1. The van der Waals surface area contributed by atoms with Gasteiger partial charge >= 0.3 is 5.97 Å². The first-order valence-corrected chi connectivity index (χ1v) is 5.53. The van der Waals surface area contributed by atoms with Crippen LogP contribution in [-0.2, 0) is 16.1 Å². The minimum absolute atomic E-state index is 0.194. The second kappa shape index (κ2) is 4.93. The Morgan fingerprint density at radius 1 is 1.47 bits per heavy atom. The molecule has 0 saturated carbocycles. The van der Waals surface area contributed by atoms with Crippen LogP contribution in [0.4, 0.5) is 8.78 Å². The van der Waals surface area contributed by atoms with Gasteiger partial charge in [0.25, 0.3) is 0 Å². The van der Waals surface area contributed by atoms with E-state index in [1.807, 2.05) is 0 Å². The number of aliphatic carboxylic acids is 1. The van der Waals surface area contributed by atoms with Crippen molar-refractivity contribution in [2.45, 2.75) is 19.6 Å². The largest absolute Gasteiger partial charge is 0.480 e. The van der Waals surface area contributed by atoms with Gasteiger partial charge in [-0.1, -0.05) is 0 Å². The Balaban J connectivity index is 2.69. The lowest BCUT2D eigenvalue weighted by atomic mass is 10.3. The molecule has 2 rings (SSSR count). The zero-order valence-corrected chi connectivity index (χ0v) is 10.4. The first-order valence-electron chi connectivity index (χ1n) is 5.53. The van der Waals surface area contributed by atoms with Gasteiger partial charge in [-0.25, -0.2) is 13.8 Å². The molecule has 0 aliphatic heterocycles. The molecule has 1 unspecified atom stereocenters. The summed E-state index contributed by atoms with van der Waals surface area (Å²) >= 11 is 0. The molecule has 1 heterocycles. The number of carboxylic acid groups (broad SMARTS) is 1. The molecule has 19 heavy (non-hydrogen) atoms. The van der Waals surface area contributed by atoms with Crippen molar-refractivity contribution < 1.29 is 23.4 Å².